The van der Waals surface area contributed by atoms with Crippen LogP contribution in [0.3, 0.4) is 0 Å². The highest BCUT2D eigenvalue weighted by atomic mass is 32.1. The molecule has 1 N–H and O–H groups in total. The zero-order valence-electron chi connectivity index (χ0n) is 22.0. The van der Waals surface area contributed by atoms with Crippen molar-refractivity contribution >= 4 is 23.0 Å². The quantitative estimate of drug-likeness (QED) is 0.264. The summed E-state index contributed by atoms with van der Waals surface area (Å²) in [5, 5.41) is 4.31. The number of aryl methyl sites for hydroxylation is 1. The van der Waals surface area contributed by atoms with Crippen molar-refractivity contribution in [2.45, 2.75) is 64.3 Å². The van der Waals surface area contributed by atoms with Gasteiger partial charge in [-0.1, -0.05) is 36.4 Å². The number of hydrogen-bond acceptors (Lipinski definition) is 3. The molecule has 2 aromatic heterocycles. The lowest BCUT2D eigenvalue weighted by Crippen LogP contribution is -2.29. The van der Waals surface area contributed by atoms with Crippen molar-refractivity contribution < 1.29 is 4.74 Å². The van der Waals surface area contributed by atoms with E-state index in [0.29, 0.717) is 11.2 Å². The minimum Gasteiger partial charge on any atom is -0.490 e. The number of ether oxygens (including phenoxy) is 1. The molecule has 0 spiro atoms. The normalized spacial score (nSPS) is 19.6. The fourth-order valence-electron chi connectivity index (χ4n) is 5.97. The SMILES string of the molecule is Cc1cc([C@@H]2[C@H](c3ccccn3)NC(=S)N2c2ccc(OC3CCCC3)cc2)c(C)n1Cc1ccccc1. The smallest absolute Gasteiger partial charge is 0.174 e. The number of hydrogen-bond donors (Lipinski definition) is 1. The van der Waals surface area contributed by atoms with Gasteiger partial charge in [-0.05, 0) is 105 Å². The molecule has 38 heavy (non-hydrogen) atoms. The van der Waals surface area contributed by atoms with Gasteiger partial charge in [0.1, 0.15) is 5.75 Å². The lowest BCUT2D eigenvalue weighted by atomic mass is 9.96. The molecule has 1 aliphatic carbocycles. The molecular formula is C32H34N4OS. The third-order valence-electron chi connectivity index (χ3n) is 7.93. The Balaban J connectivity index is 1.37. The Morgan fingerprint density at radius 1 is 0.947 bits per heavy atom. The highest BCUT2D eigenvalue weighted by Gasteiger charge is 2.42. The van der Waals surface area contributed by atoms with Crippen molar-refractivity contribution in [3.63, 3.8) is 0 Å². The maximum atomic E-state index is 6.24. The van der Waals surface area contributed by atoms with Gasteiger partial charge in [0.2, 0.25) is 0 Å². The van der Waals surface area contributed by atoms with Gasteiger partial charge in [0.25, 0.3) is 0 Å². The highest BCUT2D eigenvalue weighted by molar-refractivity contribution is 7.80. The molecule has 2 aromatic carbocycles. The van der Waals surface area contributed by atoms with Crippen LogP contribution in [0.25, 0.3) is 0 Å². The van der Waals surface area contributed by atoms with E-state index < -0.39 is 0 Å². The minimum atomic E-state index is -0.0659. The first-order valence-electron chi connectivity index (χ1n) is 13.6. The van der Waals surface area contributed by atoms with Gasteiger partial charge >= 0.3 is 0 Å². The second-order valence-corrected chi connectivity index (χ2v) is 10.8. The predicted molar refractivity (Wildman–Crippen MR) is 157 cm³/mol. The van der Waals surface area contributed by atoms with Crippen molar-refractivity contribution in [2.24, 2.45) is 0 Å². The largest absolute Gasteiger partial charge is 0.490 e. The van der Waals surface area contributed by atoms with Crippen LogP contribution in [0.1, 0.15) is 66.0 Å². The van der Waals surface area contributed by atoms with Crippen molar-refractivity contribution in [1.82, 2.24) is 14.9 Å². The van der Waals surface area contributed by atoms with Gasteiger partial charge in [0, 0.05) is 29.8 Å². The summed E-state index contributed by atoms with van der Waals surface area (Å²) >= 11 is 5.96. The fourth-order valence-corrected chi connectivity index (χ4v) is 6.32. The van der Waals surface area contributed by atoms with Gasteiger partial charge in [0.05, 0.1) is 23.9 Å². The molecule has 5 nitrogen and oxygen atoms in total. The van der Waals surface area contributed by atoms with E-state index in [9.17, 15) is 0 Å². The fraction of sp³-hybridized carbons (Fsp3) is 0.312. The van der Waals surface area contributed by atoms with Crippen molar-refractivity contribution in [3.8, 4) is 5.75 Å². The van der Waals surface area contributed by atoms with Gasteiger partial charge in [0.15, 0.2) is 5.11 Å². The number of rotatable bonds is 7. The number of anilines is 1. The van der Waals surface area contributed by atoms with Gasteiger partial charge < -0.3 is 19.5 Å². The first kappa shape index (κ1) is 24.7. The first-order valence-corrected chi connectivity index (χ1v) is 14.0. The van der Waals surface area contributed by atoms with Crippen molar-refractivity contribution in [2.75, 3.05) is 4.90 Å². The first-order chi connectivity index (χ1) is 18.6. The lowest BCUT2D eigenvalue weighted by Gasteiger charge is -2.28. The minimum absolute atomic E-state index is 0.0327. The molecule has 2 fully saturated rings. The van der Waals surface area contributed by atoms with E-state index in [1.165, 1.54) is 35.4 Å². The number of nitrogens with one attached hydrogen (secondary N) is 1. The molecule has 3 heterocycles. The van der Waals surface area contributed by atoms with E-state index in [1.54, 1.807) is 0 Å². The van der Waals surface area contributed by atoms with Crippen LogP contribution < -0.4 is 15.0 Å². The third kappa shape index (κ3) is 4.81. The molecule has 2 aliphatic rings. The number of pyridine rings is 1. The van der Waals surface area contributed by atoms with Crippen LogP contribution in [0.4, 0.5) is 5.69 Å². The predicted octanol–water partition coefficient (Wildman–Crippen LogP) is 7.05. The van der Waals surface area contributed by atoms with E-state index in [0.717, 1.165) is 36.5 Å². The molecule has 0 unspecified atom stereocenters. The van der Waals surface area contributed by atoms with Crippen LogP contribution in [0, 0.1) is 13.8 Å². The van der Waals surface area contributed by atoms with Gasteiger partial charge in [-0.25, -0.2) is 0 Å². The Labute approximate surface area is 230 Å². The molecule has 1 saturated heterocycles. The maximum absolute atomic E-state index is 6.24. The summed E-state index contributed by atoms with van der Waals surface area (Å²) in [5.41, 5.74) is 7.06. The summed E-state index contributed by atoms with van der Waals surface area (Å²) < 4.78 is 8.64. The zero-order valence-corrected chi connectivity index (χ0v) is 22.8. The molecule has 0 amide bonds. The summed E-state index contributed by atoms with van der Waals surface area (Å²) in [6.45, 7) is 5.25. The molecular weight excluding hydrogens is 488 g/mol. The van der Waals surface area contributed by atoms with Crippen LogP contribution >= 0.6 is 12.2 Å². The van der Waals surface area contributed by atoms with E-state index in [2.05, 4.69) is 95.4 Å². The summed E-state index contributed by atoms with van der Waals surface area (Å²) in [5.74, 6) is 0.928. The molecule has 0 radical (unpaired) electrons. The van der Waals surface area contributed by atoms with Gasteiger partial charge in [-0.2, -0.15) is 0 Å². The van der Waals surface area contributed by atoms with E-state index in [1.807, 2.05) is 18.3 Å². The van der Waals surface area contributed by atoms with Crippen LogP contribution in [-0.2, 0) is 6.54 Å². The summed E-state index contributed by atoms with van der Waals surface area (Å²) in [4.78, 5) is 6.97. The highest BCUT2D eigenvalue weighted by Crippen LogP contribution is 2.43. The Bertz CT molecular complexity index is 1390. The molecule has 1 saturated carbocycles. The Morgan fingerprint density at radius 2 is 1.68 bits per heavy atom. The Morgan fingerprint density at radius 3 is 2.39 bits per heavy atom. The average molecular weight is 523 g/mol. The second-order valence-electron chi connectivity index (χ2n) is 10.4. The van der Waals surface area contributed by atoms with Gasteiger partial charge in [-0.15, -0.1) is 0 Å². The van der Waals surface area contributed by atoms with Crippen molar-refractivity contribution in [1.29, 1.82) is 0 Å². The molecule has 6 rings (SSSR count). The van der Waals surface area contributed by atoms with Crippen LogP contribution in [-0.4, -0.2) is 20.8 Å². The second kappa shape index (κ2) is 10.6. The number of aromatic nitrogens is 2. The monoisotopic (exact) mass is 522 g/mol. The molecule has 2 atom stereocenters. The summed E-state index contributed by atoms with van der Waals surface area (Å²) in [6, 6.07) is 27.4. The maximum Gasteiger partial charge on any atom is 0.174 e. The van der Waals surface area contributed by atoms with Crippen LogP contribution in [0.2, 0.25) is 0 Å². The molecule has 194 valence electrons. The number of benzene rings is 2. The summed E-state index contributed by atoms with van der Waals surface area (Å²) in [6.07, 6.45) is 7.01. The molecule has 6 heteroatoms. The van der Waals surface area contributed by atoms with E-state index in [4.69, 9.17) is 21.9 Å². The Kier molecular flexibility index (Phi) is 6.90. The van der Waals surface area contributed by atoms with Crippen LogP contribution in [0.5, 0.6) is 5.75 Å². The van der Waals surface area contributed by atoms with Crippen LogP contribution in [0.15, 0.2) is 85.1 Å². The number of thiocarbonyl (C=S) groups is 1. The van der Waals surface area contributed by atoms with Gasteiger partial charge in [-0.3, -0.25) is 4.98 Å². The van der Waals surface area contributed by atoms with E-state index >= 15 is 0 Å². The standard InChI is InChI=1S/C32H34N4OS/c1-22-20-28(23(2)35(22)21-24-10-4-3-5-11-24)31-30(29-14-8-9-19-33-29)34-32(38)36(31)25-15-17-27(18-16-25)37-26-12-6-7-13-26/h3-5,8-11,14-20,26,30-31H,6-7,12-13,21H2,1-2H3,(H,34,38)/t30-,31+/m0/s1. The number of nitrogens with zero attached hydrogens (tertiary/aromatic N) is 3. The topological polar surface area (TPSA) is 42.3 Å². The van der Waals surface area contributed by atoms with Crippen molar-refractivity contribution in [3.05, 3.63) is 113 Å². The molecule has 4 aromatic rings. The zero-order chi connectivity index (χ0) is 26.1. The summed E-state index contributed by atoms with van der Waals surface area (Å²) in [7, 11) is 0. The third-order valence-corrected chi connectivity index (χ3v) is 8.25. The van der Waals surface area contributed by atoms with E-state index in [-0.39, 0.29) is 12.1 Å². The Hall–Kier alpha value is -3.64. The average Bonchev–Trinajstić information content (AvgIpc) is 3.65. The molecule has 0 bridgehead atoms. The molecule has 1 aliphatic heterocycles. The lowest BCUT2D eigenvalue weighted by molar-refractivity contribution is 0.210.